The zero-order valence-electron chi connectivity index (χ0n) is 21.8. The molecule has 1 aliphatic heterocycles. The molecule has 2 heterocycles. The molecule has 0 aliphatic carbocycles. The van der Waals surface area contributed by atoms with Crippen molar-refractivity contribution >= 4 is 32.6 Å². The van der Waals surface area contributed by atoms with Crippen molar-refractivity contribution in [1.29, 1.82) is 0 Å². The van der Waals surface area contributed by atoms with E-state index in [0.29, 0.717) is 24.5 Å². The number of carbonyl (C=O) groups excluding carboxylic acids is 1. The molecule has 0 bridgehead atoms. The molecule has 1 unspecified atom stereocenters. The lowest BCUT2D eigenvalue weighted by molar-refractivity contribution is -0.136. The summed E-state index contributed by atoms with van der Waals surface area (Å²) in [5.74, 6) is 1.08. The standard InChI is InChI=1S/C25H36N4O5SSi/c1-8-14-31-22(30)29-16-18(24(2,3)4)15-25(29,34-36(6)7)20(21-26-17-27-28(21)5)33-23(35)32-19-12-10-9-11-13-19/h8-13,17-18,20,36H,1,14-16H2,2-7H3/t18-,20?,25-/m0/s1. The van der Waals surface area contributed by atoms with Gasteiger partial charge in [-0.3, -0.25) is 4.90 Å². The van der Waals surface area contributed by atoms with Crippen LogP contribution in [0.2, 0.25) is 13.1 Å². The number of para-hydroxylation sites is 1. The molecule has 36 heavy (non-hydrogen) atoms. The Morgan fingerprint density at radius 3 is 2.58 bits per heavy atom. The Hall–Kier alpha value is -2.76. The molecule has 2 aromatic rings. The molecule has 9 nitrogen and oxygen atoms in total. The first kappa shape index (κ1) is 27.8. The third kappa shape index (κ3) is 6.32. The van der Waals surface area contributed by atoms with E-state index in [9.17, 15) is 4.79 Å². The highest BCUT2D eigenvalue weighted by Crippen LogP contribution is 2.50. The van der Waals surface area contributed by atoms with Gasteiger partial charge >= 0.3 is 11.3 Å². The molecule has 11 heteroatoms. The van der Waals surface area contributed by atoms with Gasteiger partial charge in [0.2, 0.25) is 6.10 Å². The van der Waals surface area contributed by atoms with Crippen molar-refractivity contribution in [2.45, 2.75) is 52.1 Å². The largest absolute Gasteiger partial charge is 0.445 e. The van der Waals surface area contributed by atoms with Gasteiger partial charge in [-0.15, -0.1) is 0 Å². The normalized spacial score (nSPS) is 20.8. The number of hydrogen-bond donors (Lipinski definition) is 0. The topological polar surface area (TPSA) is 87.9 Å². The minimum atomic E-state index is -1.76. The van der Waals surface area contributed by atoms with E-state index in [1.807, 2.05) is 31.3 Å². The van der Waals surface area contributed by atoms with E-state index >= 15 is 0 Å². The van der Waals surface area contributed by atoms with Crippen LogP contribution in [0.3, 0.4) is 0 Å². The summed E-state index contributed by atoms with van der Waals surface area (Å²) in [7, 11) is 0.000649. The smallest absolute Gasteiger partial charge is 0.412 e. The molecule has 0 spiro atoms. The molecule has 0 N–H and O–H groups in total. The summed E-state index contributed by atoms with van der Waals surface area (Å²) >= 11 is 5.51. The third-order valence-corrected chi connectivity index (χ3v) is 7.22. The molecule has 0 saturated carbocycles. The van der Waals surface area contributed by atoms with E-state index in [1.54, 1.807) is 28.8 Å². The van der Waals surface area contributed by atoms with Crippen LogP contribution in [0, 0.1) is 11.3 Å². The molecular weight excluding hydrogens is 496 g/mol. The number of hydrogen-bond acceptors (Lipinski definition) is 8. The molecule has 1 fully saturated rings. The Bertz CT molecular complexity index is 1060. The van der Waals surface area contributed by atoms with Gasteiger partial charge in [-0.25, -0.2) is 14.5 Å². The van der Waals surface area contributed by atoms with Crippen LogP contribution in [0.1, 0.15) is 39.1 Å². The van der Waals surface area contributed by atoms with Gasteiger partial charge in [0.05, 0.1) is 0 Å². The van der Waals surface area contributed by atoms with Crippen LogP contribution in [-0.4, -0.2) is 58.9 Å². The summed E-state index contributed by atoms with van der Waals surface area (Å²) in [4.78, 5) is 19.5. The van der Waals surface area contributed by atoms with Crippen LogP contribution in [-0.2, 0) is 20.9 Å². The SMILES string of the molecule is C=CCOC(=O)N1C[C@@H](C(C)(C)C)C[C@]1(O[SiH](C)C)C(OC(=S)Oc1ccccc1)c1ncnn1C. The number of amides is 1. The molecular formula is C25H36N4O5SSi. The van der Waals surface area contributed by atoms with Crippen molar-refractivity contribution < 1.29 is 23.4 Å². The van der Waals surface area contributed by atoms with Crippen molar-refractivity contribution in [3.8, 4) is 5.75 Å². The fraction of sp³-hybridized carbons (Fsp3) is 0.520. The van der Waals surface area contributed by atoms with E-state index in [-0.39, 0.29) is 23.2 Å². The Morgan fingerprint density at radius 2 is 2.03 bits per heavy atom. The van der Waals surface area contributed by atoms with Crippen LogP contribution in [0.25, 0.3) is 0 Å². The van der Waals surface area contributed by atoms with Crippen LogP contribution < -0.4 is 4.74 Å². The van der Waals surface area contributed by atoms with Gasteiger partial charge in [0.25, 0.3) is 0 Å². The van der Waals surface area contributed by atoms with Crippen LogP contribution in [0.15, 0.2) is 49.3 Å². The molecule has 1 aromatic heterocycles. The van der Waals surface area contributed by atoms with Crippen LogP contribution in [0.4, 0.5) is 4.79 Å². The number of aromatic nitrogens is 3. The van der Waals surface area contributed by atoms with Gasteiger partial charge in [0.15, 0.2) is 20.6 Å². The fourth-order valence-electron chi connectivity index (χ4n) is 4.34. The zero-order valence-corrected chi connectivity index (χ0v) is 23.8. The molecule has 1 aliphatic rings. The maximum Gasteiger partial charge on any atom is 0.412 e. The van der Waals surface area contributed by atoms with Crippen LogP contribution in [0.5, 0.6) is 5.75 Å². The van der Waals surface area contributed by atoms with E-state index in [0.717, 1.165) is 0 Å². The van der Waals surface area contributed by atoms with Crippen molar-refractivity contribution in [3.63, 3.8) is 0 Å². The first-order valence-corrected chi connectivity index (χ1v) is 15.2. The summed E-state index contributed by atoms with van der Waals surface area (Å²) in [5, 5.41) is 4.14. The highest BCUT2D eigenvalue weighted by molar-refractivity contribution is 7.79. The second-order valence-electron chi connectivity index (χ2n) is 10.2. The van der Waals surface area contributed by atoms with Gasteiger partial charge in [0.1, 0.15) is 18.7 Å². The number of benzene rings is 1. The lowest BCUT2D eigenvalue weighted by atomic mass is 9.78. The summed E-state index contributed by atoms with van der Waals surface area (Å²) < 4.78 is 26.0. The second kappa shape index (κ2) is 11.5. The maximum absolute atomic E-state index is 13.4. The van der Waals surface area contributed by atoms with Crippen molar-refractivity contribution in [2.75, 3.05) is 13.2 Å². The summed E-state index contributed by atoms with van der Waals surface area (Å²) in [6, 6.07) is 9.13. The molecule has 3 atom stereocenters. The average molecular weight is 533 g/mol. The fourth-order valence-corrected chi connectivity index (χ4v) is 5.70. The van der Waals surface area contributed by atoms with Crippen molar-refractivity contribution in [2.24, 2.45) is 18.4 Å². The number of carbonyl (C=O) groups is 1. The molecule has 3 rings (SSSR count). The lowest BCUT2D eigenvalue weighted by Gasteiger charge is -2.43. The van der Waals surface area contributed by atoms with E-state index in [2.05, 4.69) is 37.4 Å². The lowest BCUT2D eigenvalue weighted by Crippen LogP contribution is -2.56. The number of aryl methyl sites for hydroxylation is 1. The number of rotatable bonds is 8. The first-order valence-electron chi connectivity index (χ1n) is 12.0. The quantitative estimate of drug-likeness (QED) is 0.276. The predicted molar refractivity (Wildman–Crippen MR) is 143 cm³/mol. The highest BCUT2D eigenvalue weighted by atomic mass is 32.1. The van der Waals surface area contributed by atoms with E-state index < -0.39 is 27.0 Å². The van der Waals surface area contributed by atoms with Gasteiger partial charge in [-0.05, 0) is 36.6 Å². The third-order valence-electron chi connectivity index (χ3n) is 6.16. The number of thiocarbonyl (C=S) groups is 1. The minimum Gasteiger partial charge on any atom is -0.445 e. The van der Waals surface area contributed by atoms with Gasteiger partial charge < -0.3 is 18.6 Å². The molecule has 0 radical (unpaired) electrons. The van der Waals surface area contributed by atoms with Gasteiger partial charge in [0, 0.05) is 32.2 Å². The predicted octanol–water partition coefficient (Wildman–Crippen LogP) is 4.62. The zero-order chi connectivity index (χ0) is 26.5. The van der Waals surface area contributed by atoms with Crippen molar-refractivity contribution in [3.05, 3.63) is 55.1 Å². The highest BCUT2D eigenvalue weighted by Gasteiger charge is 2.60. The molecule has 1 saturated heterocycles. The Balaban J connectivity index is 2.10. The van der Waals surface area contributed by atoms with E-state index in [4.69, 9.17) is 30.9 Å². The second-order valence-corrected chi connectivity index (χ2v) is 12.8. The summed E-state index contributed by atoms with van der Waals surface area (Å²) in [6.07, 6.45) is 2.04. The summed E-state index contributed by atoms with van der Waals surface area (Å²) in [6.45, 7) is 14.7. The Labute approximate surface area is 220 Å². The molecule has 196 valence electrons. The van der Waals surface area contributed by atoms with Gasteiger partial charge in [-0.1, -0.05) is 51.6 Å². The van der Waals surface area contributed by atoms with Crippen LogP contribution >= 0.6 is 12.2 Å². The Morgan fingerprint density at radius 1 is 1.33 bits per heavy atom. The first-order chi connectivity index (χ1) is 17.0. The minimum absolute atomic E-state index is 0.0791. The number of likely N-dealkylation sites (tertiary alicyclic amines) is 1. The van der Waals surface area contributed by atoms with Crippen molar-refractivity contribution in [1.82, 2.24) is 19.7 Å². The maximum atomic E-state index is 13.4. The average Bonchev–Trinajstić information content (AvgIpc) is 3.40. The number of nitrogens with zero attached hydrogens (tertiary/aromatic N) is 4. The molecule has 1 aromatic carbocycles. The summed E-state index contributed by atoms with van der Waals surface area (Å²) in [5.41, 5.74) is -1.35. The number of ether oxygens (including phenoxy) is 3. The Kier molecular flexibility index (Phi) is 8.91. The monoisotopic (exact) mass is 532 g/mol. The van der Waals surface area contributed by atoms with Gasteiger partial charge in [-0.2, -0.15) is 5.10 Å². The molecule has 1 amide bonds. The van der Waals surface area contributed by atoms with E-state index in [1.165, 1.54) is 12.4 Å².